The van der Waals surface area contributed by atoms with Gasteiger partial charge < -0.3 is 9.64 Å². The van der Waals surface area contributed by atoms with Crippen LogP contribution < -0.4 is 0 Å². The normalized spacial score (nSPS) is 19.1. The van der Waals surface area contributed by atoms with Crippen molar-refractivity contribution in [3.8, 4) is 0 Å². The highest BCUT2D eigenvalue weighted by Gasteiger charge is 2.32. The quantitative estimate of drug-likeness (QED) is 0.563. The van der Waals surface area contributed by atoms with Crippen molar-refractivity contribution >= 4 is 44.1 Å². The van der Waals surface area contributed by atoms with E-state index in [2.05, 4.69) is 4.98 Å². The van der Waals surface area contributed by atoms with E-state index in [1.807, 2.05) is 20.8 Å². The number of ether oxygens (including phenoxy) is 1. The predicted molar refractivity (Wildman–Crippen MR) is 104 cm³/mol. The SMILES string of the molecule is CC(C)(C)OC(=O)N1CCC[C@H]([S@](=O)c2nc3cc([N+](=O)[O-])ccc3s2)C1. The van der Waals surface area contributed by atoms with Crippen LogP contribution in [0.1, 0.15) is 33.6 Å². The van der Waals surface area contributed by atoms with Crippen molar-refractivity contribution in [1.82, 2.24) is 9.88 Å². The predicted octanol–water partition coefficient (Wildman–Crippen LogP) is 3.71. The number of nitrogens with zero attached hydrogens (tertiary/aromatic N) is 3. The number of nitro benzene ring substituents is 1. The maximum absolute atomic E-state index is 13.0. The average molecular weight is 412 g/mol. The number of nitro groups is 1. The second-order valence-electron chi connectivity index (χ2n) is 7.38. The second-order valence-corrected chi connectivity index (χ2v) is 10.3. The van der Waals surface area contributed by atoms with E-state index in [0.717, 1.165) is 17.5 Å². The molecule has 2 aromatic rings. The summed E-state index contributed by atoms with van der Waals surface area (Å²) in [5.74, 6) is 0. The maximum atomic E-state index is 13.0. The van der Waals surface area contributed by atoms with Crippen LogP contribution in [-0.2, 0) is 15.5 Å². The summed E-state index contributed by atoms with van der Waals surface area (Å²) in [4.78, 5) is 28.6. The number of fused-ring (bicyclic) bond motifs is 1. The summed E-state index contributed by atoms with van der Waals surface area (Å²) in [6.45, 7) is 6.35. The first-order chi connectivity index (χ1) is 12.6. The zero-order valence-electron chi connectivity index (χ0n) is 15.3. The zero-order valence-corrected chi connectivity index (χ0v) is 17.0. The minimum atomic E-state index is -1.39. The average Bonchev–Trinajstić information content (AvgIpc) is 3.02. The lowest BCUT2D eigenvalue weighted by atomic mass is 10.1. The molecule has 146 valence electrons. The highest BCUT2D eigenvalue weighted by molar-refractivity contribution is 7.88. The number of hydrogen-bond donors (Lipinski definition) is 0. The summed E-state index contributed by atoms with van der Waals surface area (Å²) in [6.07, 6.45) is 1.07. The number of hydrogen-bond acceptors (Lipinski definition) is 7. The topological polar surface area (TPSA) is 103 Å². The summed E-state index contributed by atoms with van der Waals surface area (Å²) in [5, 5.41) is 10.7. The number of rotatable bonds is 3. The lowest BCUT2D eigenvalue weighted by Crippen LogP contribution is -2.45. The summed E-state index contributed by atoms with van der Waals surface area (Å²) in [7, 11) is -1.39. The molecule has 3 rings (SSSR count). The Morgan fingerprint density at radius 2 is 2.19 bits per heavy atom. The number of carbonyl (C=O) groups is 1. The van der Waals surface area contributed by atoms with E-state index < -0.39 is 27.4 Å². The smallest absolute Gasteiger partial charge is 0.410 e. The van der Waals surface area contributed by atoms with E-state index in [4.69, 9.17) is 4.74 Å². The van der Waals surface area contributed by atoms with Gasteiger partial charge >= 0.3 is 6.09 Å². The van der Waals surface area contributed by atoms with Crippen LogP contribution in [0.5, 0.6) is 0 Å². The van der Waals surface area contributed by atoms with E-state index in [9.17, 15) is 19.1 Å². The Kier molecular flexibility index (Phi) is 5.48. The number of benzene rings is 1. The van der Waals surface area contributed by atoms with E-state index in [1.165, 1.54) is 23.5 Å². The monoisotopic (exact) mass is 411 g/mol. The molecule has 1 aliphatic heterocycles. The Morgan fingerprint density at radius 3 is 2.85 bits per heavy atom. The van der Waals surface area contributed by atoms with Crippen LogP contribution in [0.4, 0.5) is 10.5 Å². The number of aromatic nitrogens is 1. The van der Waals surface area contributed by atoms with Crippen LogP contribution in [0.2, 0.25) is 0 Å². The van der Waals surface area contributed by atoms with Gasteiger partial charge in [-0.3, -0.25) is 14.3 Å². The van der Waals surface area contributed by atoms with Gasteiger partial charge in [0.1, 0.15) is 5.60 Å². The fraction of sp³-hybridized carbons (Fsp3) is 0.529. The van der Waals surface area contributed by atoms with Gasteiger partial charge in [0.05, 0.1) is 31.2 Å². The summed E-state index contributed by atoms with van der Waals surface area (Å²) in [6, 6.07) is 4.43. The minimum absolute atomic E-state index is 0.0427. The fourth-order valence-electron chi connectivity index (χ4n) is 2.84. The molecular formula is C17H21N3O5S2. The molecule has 1 aromatic heterocycles. The molecule has 10 heteroatoms. The molecule has 8 nitrogen and oxygen atoms in total. The van der Waals surface area contributed by atoms with Crippen molar-refractivity contribution in [2.75, 3.05) is 13.1 Å². The van der Waals surface area contributed by atoms with Crippen molar-refractivity contribution in [3.05, 3.63) is 28.3 Å². The largest absolute Gasteiger partial charge is 0.444 e. The van der Waals surface area contributed by atoms with Gasteiger partial charge in [0.15, 0.2) is 4.34 Å². The summed E-state index contributed by atoms with van der Waals surface area (Å²) < 4.78 is 19.6. The van der Waals surface area contributed by atoms with Gasteiger partial charge in [-0.2, -0.15) is 0 Å². The van der Waals surface area contributed by atoms with Gasteiger partial charge in [0, 0.05) is 25.2 Å². The molecule has 0 spiro atoms. The molecule has 2 heterocycles. The molecule has 0 saturated carbocycles. The first-order valence-electron chi connectivity index (χ1n) is 8.57. The number of non-ortho nitro benzene ring substituents is 1. The highest BCUT2D eigenvalue weighted by atomic mass is 32.2. The third kappa shape index (κ3) is 4.62. The number of thiazole rings is 1. The Hall–Kier alpha value is -2.07. The van der Waals surface area contributed by atoms with Crippen LogP contribution in [0.3, 0.4) is 0 Å². The Balaban J connectivity index is 1.76. The van der Waals surface area contributed by atoms with Crippen LogP contribution in [0.15, 0.2) is 22.5 Å². The molecule has 0 unspecified atom stereocenters. The maximum Gasteiger partial charge on any atom is 0.410 e. The highest BCUT2D eigenvalue weighted by Crippen LogP contribution is 2.30. The van der Waals surface area contributed by atoms with Gasteiger partial charge in [0.25, 0.3) is 5.69 Å². The molecule has 0 radical (unpaired) electrons. The first-order valence-corrected chi connectivity index (χ1v) is 10.6. The van der Waals surface area contributed by atoms with Crippen LogP contribution in [0.25, 0.3) is 10.2 Å². The van der Waals surface area contributed by atoms with Crippen molar-refractivity contribution in [2.24, 2.45) is 0 Å². The number of likely N-dealkylation sites (tertiary alicyclic amines) is 1. The van der Waals surface area contributed by atoms with Crippen molar-refractivity contribution < 1.29 is 18.7 Å². The van der Waals surface area contributed by atoms with Crippen LogP contribution in [-0.4, -0.2) is 49.0 Å². The first kappa shape index (κ1) is 19.7. The third-order valence-corrected chi connectivity index (χ3v) is 7.07. The molecule has 0 bridgehead atoms. The van der Waals surface area contributed by atoms with Gasteiger partial charge in [-0.1, -0.05) is 0 Å². The molecular weight excluding hydrogens is 390 g/mol. The van der Waals surface area contributed by atoms with E-state index in [-0.39, 0.29) is 10.9 Å². The molecule has 1 aromatic carbocycles. The zero-order chi connectivity index (χ0) is 19.8. The molecule has 27 heavy (non-hydrogen) atoms. The van der Waals surface area contributed by atoms with Gasteiger partial charge in [-0.15, -0.1) is 11.3 Å². The van der Waals surface area contributed by atoms with Gasteiger partial charge in [-0.05, 0) is 39.7 Å². The number of carbonyl (C=O) groups excluding carboxylic acids is 1. The van der Waals surface area contributed by atoms with E-state index in [0.29, 0.717) is 22.9 Å². The molecule has 0 aliphatic carbocycles. The van der Waals surface area contributed by atoms with Crippen molar-refractivity contribution in [1.29, 1.82) is 0 Å². The summed E-state index contributed by atoms with van der Waals surface area (Å²) >= 11 is 1.27. The Labute approximate surface area is 163 Å². The molecule has 1 fully saturated rings. The van der Waals surface area contributed by atoms with Crippen molar-refractivity contribution in [2.45, 2.75) is 48.8 Å². The van der Waals surface area contributed by atoms with E-state index >= 15 is 0 Å². The molecule has 2 atom stereocenters. The Bertz CT molecular complexity index is 906. The van der Waals surface area contributed by atoms with Crippen LogP contribution in [0, 0.1) is 10.1 Å². The minimum Gasteiger partial charge on any atom is -0.444 e. The molecule has 1 aliphatic rings. The van der Waals surface area contributed by atoms with Crippen LogP contribution >= 0.6 is 11.3 Å². The fourth-order valence-corrected chi connectivity index (χ4v) is 5.70. The number of amides is 1. The lowest BCUT2D eigenvalue weighted by molar-refractivity contribution is -0.384. The standard InChI is InChI=1S/C17H21N3O5S2/c1-17(2,3)25-16(21)19-8-4-5-12(10-19)27(24)15-18-13-9-11(20(22)23)6-7-14(13)26-15/h6-7,9,12H,4-5,8,10H2,1-3H3/t12-,27-/m0/s1. The number of piperidine rings is 1. The van der Waals surface area contributed by atoms with Gasteiger partial charge in [-0.25, -0.2) is 9.78 Å². The Morgan fingerprint density at radius 1 is 1.44 bits per heavy atom. The lowest BCUT2D eigenvalue weighted by Gasteiger charge is -2.33. The molecule has 1 amide bonds. The van der Waals surface area contributed by atoms with E-state index in [1.54, 1.807) is 11.0 Å². The molecule has 0 N–H and O–H groups in total. The van der Waals surface area contributed by atoms with Gasteiger partial charge in [0.2, 0.25) is 0 Å². The van der Waals surface area contributed by atoms with Crippen molar-refractivity contribution in [3.63, 3.8) is 0 Å². The second kappa shape index (κ2) is 7.51. The summed E-state index contributed by atoms with van der Waals surface area (Å²) in [5.41, 5.74) is -0.151. The molecule has 1 saturated heterocycles. The third-order valence-electron chi connectivity index (χ3n) is 4.07.